The molecule has 0 aliphatic carbocycles. The van der Waals surface area contributed by atoms with Gasteiger partial charge in [0.2, 0.25) is 0 Å². The molecule has 0 fully saturated rings. The third kappa shape index (κ3) is 3.15. The first kappa shape index (κ1) is 8.72. The Balaban J connectivity index is 2.64. The highest BCUT2D eigenvalue weighted by atomic mass is 14.6. The number of hydrogen-bond donors (Lipinski definition) is 0. The van der Waals surface area contributed by atoms with E-state index in [1.54, 1.807) is 12.4 Å². The standard InChI is InChI=1S/C11H13N/c1-10(2)4-3-5-11-6-8-12-9-7-11/h3-9H,1-2H3/b5-3+. The first-order chi connectivity index (χ1) is 5.79. The quantitative estimate of drug-likeness (QED) is 0.604. The Labute approximate surface area is 73.5 Å². The summed E-state index contributed by atoms with van der Waals surface area (Å²) < 4.78 is 0. The lowest BCUT2D eigenvalue weighted by Crippen LogP contribution is -1.71. The first-order valence-electron chi connectivity index (χ1n) is 4.00. The number of hydrogen-bond acceptors (Lipinski definition) is 1. The fourth-order valence-corrected chi connectivity index (χ4v) is 0.826. The second kappa shape index (κ2) is 4.50. The summed E-state index contributed by atoms with van der Waals surface area (Å²) in [5.41, 5.74) is 2.49. The van der Waals surface area contributed by atoms with Crippen molar-refractivity contribution in [2.45, 2.75) is 13.8 Å². The van der Waals surface area contributed by atoms with E-state index in [0.717, 1.165) is 0 Å². The Morgan fingerprint density at radius 3 is 2.50 bits per heavy atom. The Bertz CT molecular complexity index is 279. The van der Waals surface area contributed by atoms with E-state index in [0.29, 0.717) is 0 Å². The fraction of sp³-hybridized carbons (Fsp3) is 0.182. The van der Waals surface area contributed by atoms with Gasteiger partial charge < -0.3 is 0 Å². The van der Waals surface area contributed by atoms with Crippen molar-refractivity contribution in [3.05, 3.63) is 47.8 Å². The van der Waals surface area contributed by atoms with Crippen molar-refractivity contribution in [3.8, 4) is 0 Å². The highest BCUT2D eigenvalue weighted by molar-refractivity contribution is 5.50. The summed E-state index contributed by atoms with van der Waals surface area (Å²) in [7, 11) is 0. The van der Waals surface area contributed by atoms with Crippen LogP contribution in [0.1, 0.15) is 19.4 Å². The molecule has 0 aromatic carbocycles. The van der Waals surface area contributed by atoms with Crippen LogP contribution in [0.25, 0.3) is 6.08 Å². The summed E-state index contributed by atoms with van der Waals surface area (Å²) in [6.07, 6.45) is 9.78. The van der Waals surface area contributed by atoms with Gasteiger partial charge in [0, 0.05) is 12.4 Å². The Morgan fingerprint density at radius 2 is 1.92 bits per heavy atom. The van der Waals surface area contributed by atoms with Gasteiger partial charge in [-0.2, -0.15) is 0 Å². The van der Waals surface area contributed by atoms with Crippen LogP contribution in [0, 0.1) is 0 Å². The van der Waals surface area contributed by atoms with Gasteiger partial charge in [-0.05, 0) is 31.5 Å². The monoisotopic (exact) mass is 159 g/mol. The molecule has 1 nitrogen and oxygen atoms in total. The normalized spacial score (nSPS) is 10.2. The maximum atomic E-state index is 3.94. The lowest BCUT2D eigenvalue weighted by atomic mass is 10.2. The molecule has 0 bridgehead atoms. The fourth-order valence-electron chi connectivity index (χ4n) is 0.826. The molecule has 1 heterocycles. The molecule has 0 atom stereocenters. The first-order valence-corrected chi connectivity index (χ1v) is 4.00. The van der Waals surface area contributed by atoms with E-state index in [9.17, 15) is 0 Å². The van der Waals surface area contributed by atoms with Gasteiger partial charge in [0.1, 0.15) is 0 Å². The lowest BCUT2D eigenvalue weighted by Gasteiger charge is -1.88. The number of nitrogens with zero attached hydrogens (tertiary/aromatic N) is 1. The molecule has 0 spiro atoms. The molecule has 0 radical (unpaired) electrons. The molecular formula is C11H13N. The zero-order valence-corrected chi connectivity index (χ0v) is 7.49. The number of pyridine rings is 1. The van der Waals surface area contributed by atoms with Gasteiger partial charge in [-0.25, -0.2) is 0 Å². The zero-order valence-electron chi connectivity index (χ0n) is 7.49. The van der Waals surface area contributed by atoms with Gasteiger partial charge in [0.05, 0.1) is 0 Å². The van der Waals surface area contributed by atoms with Gasteiger partial charge in [0.25, 0.3) is 0 Å². The van der Waals surface area contributed by atoms with Crippen LogP contribution in [0.3, 0.4) is 0 Å². The summed E-state index contributed by atoms with van der Waals surface area (Å²) in [5.74, 6) is 0. The van der Waals surface area contributed by atoms with Crippen LogP contribution in [0.15, 0.2) is 42.3 Å². The molecule has 0 saturated carbocycles. The van der Waals surface area contributed by atoms with Gasteiger partial charge in [0.15, 0.2) is 0 Å². The Kier molecular flexibility index (Phi) is 3.27. The van der Waals surface area contributed by atoms with Crippen molar-refractivity contribution in [2.24, 2.45) is 0 Å². The molecule has 0 unspecified atom stereocenters. The van der Waals surface area contributed by atoms with Gasteiger partial charge >= 0.3 is 0 Å². The summed E-state index contributed by atoms with van der Waals surface area (Å²) >= 11 is 0. The summed E-state index contributed by atoms with van der Waals surface area (Å²) in [4.78, 5) is 3.94. The van der Waals surface area contributed by atoms with Crippen molar-refractivity contribution in [3.63, 3.8) is 0 Å². The van der Waals surface area contributed by atoms with Crippen molar-refractivity contribution in [1.82, 2.24) is 4.98 Å². The molecular weight excluding hydrogens is 146 g/mol. The maximum absolute atomic E-state index is 3.94. The third-order valence-electron chi connectivity index (χ3n) is 1.42. The van der Waals surface area contributed by atoms with Crippen molar-refractivity contribution >= 4 is 6.08 Å². The van der Waals surface area contributed by atoms with Crippen LogP contribution < -0.4 is 0 Å². The summed E-state index contributed by atoms with van der Waals surface area (Å²) in [6.45, 7) is 4.16. The molecule has 0 amide bonds. The minimum absolute atomic E-state index is 1.18. The smallest absolute Gasteiger partial charge is 0.0273 e. The molecule has 1 aromatic rings. The highest BCUT2D eigenvalue weighted by Crippen LogP contribution is 2.00. The lowest BCUT2D eigenvalue weighted by molar-refractivity contribution is 1.32. The number of rotatable bonds is 2. The second-order valence-electron chi connectivity index (χ2n) is 2.88. The molecule has 62 valence electrons. The largest absolute Gasteiger partial charge is 0.265 e. The summed E-state index contributed by atoms with van der Waals surface area (Å²) in [6, 6.07) is 3.96. The average molecular weight is 159 g/mol. The van der Waals surface area contributed by atoms with E-state index in [2.05, 4.69) is 31.0 Å². The summed E-state index contributed by atoms with van der Waals surface area (Å²) in [5, 5.41) is 0. The van der Waals surface area contributed by atoms with Crippen LogP contribution in [-0.2, 0) is 0 Å². The molecule has 1 aromatic heterocycles. The maximum Gasteiger partial charge on any atom is 0.0273 e. The van der Waals surface area contributed by atoms with E-state index in [4.69, 9.17) is 0 Å². The molecule has 0 N–H and O–H groups in total. The van der Waals surface area contributed by atoms with Crippen LogP contribution in [0.2, 0.25) is 0 Å². The topological polar surface area (TPSA) is 12.9 Å². The minimum Gasteiger partial charge on any atom is -0.265 e. The average Bonchev–Trinajstić information content (AvgIpc) is 2.05. The van der Waals surface area contributed by atoms with Crippen LogP contribution in [-0.4, -0.2) is 4.98 Å². The van der Waals surface area contributed by atoms with Crippen LogP contribution >= 0.6 is 0 Å². The molecule has 0 aliphatic rings. The Hall–Kier alpha value is -1.37. The van der Waals surface area contributed by atoms with E-state index < -0.39 is 0 Å². The highest BCUT2D eigenvalue weighted by Gasteiger charge is 1.80. The van der Waals surface area contributed by atoms with Crippen molar-refractivity contribution in [1.29, 1.82) is 0 Å². The van der Waals surface area contributed by atoms with Crippen molar-refractivity contribution in [2.75, 3.05) is 0 Å². The predicted octanol–water partition coefficient (Wildman–Crippen LogP) is 3.06. The van der Waals surface area contributed by atoms with Crippen LogP contribution in [0.5, 0.6) is 0 Å². The van der Waals surface area contributed by atoms with Gasteiger partial charge in [-0.1, -0.05) is 23.8 Å². The molecule has 0 aliphatic heterocycles. The predicted molar refractivity (Wildman–Crippen MR) is 52.7 cm³/mol. The SMILES string of the molecule is CC(C)=C/C=C/c1ccncc1. The minimum atomic E-state index is 1.18. The second-order valence-corrected chi connectivity index (χ2v) is 2.88. The van der Waals surface area contributed by atoms with Gasteiger partial charge in [-0.15, -0.1) is 0 Å². The van der Waals surface area contributed by atoms with Crippen LogP contribution in [0.4, 0.5) is 0 Å². The Morgan fingerprint density at radius 1 is 1.25 bits per heavy atom. The van der Waals surface area contributed by atoms with E-state index in [1.807, 2.05) is 18.2 Å². The molecule has 1 rings (SSSR count). The number of aromatic nitrogens is 1. The van der Waals surface area contributed by atoms with Gasteiger partial charge in [-0.3, -0.25) is 4.98 Å². The van der Waals surface area contributed by atoms with E-state index in [1.165, 1.54) is 11.1 Å². The molecule has 12 heavy (non-hydrogen) atoms. The third-order valence-corrected chi connectivity index (χ3v) is 1.42. The van der Waals surface area contributed by atoms with E-state index in [-0.39, 0.29) is 0 Å². The van der Waals surface area contributed by atoms with Crippen molar-refractivity contribution < 1.29 is 0 Å². The molecule has 0 saturated heterocycles. The van der Waals surface area contributed by atoms with E-state index >= 15 is 0 Å². The number of allylic oxidation sites excluding steroid dienone is 3. The zero-order chi connectivity index (χ0) is 8.81. The molecule has 1 heteroatoms.